The van der Waals surface area contributed by atoms with Gasteiger partial charge in [0.2, 0.25) is 0 Å². The lowest BCUT2D eigenvalue weighted by molar-refractivity contribution is 0.0715. The van der Waals surface area contributed by atoms with Gasteiger partial charge in [-0.2, -0.15) is 5.10 Å². The van der Waals surface area contributed by atoms with Crippen molar-refractivity contribution in [3.8, 4) is 28.0 Å². The molecule has 4 aromatic rings. The average Bonchev–Trinajstić information content (AvgIpc) is 3.46. The summed E-state index contributed by atoms with van der Waals surface area (Å²) in [6, 6.07) is 16.1. The lowest BCUT2D eigenvalue weighted by Crippen LogP contribution is -2.27. The second kappa shape index (κ2) is 8.20. The number of carbonyl (C=O) groups is 1. The number of hydrogen-bond donors (Lipinski definition) is 1. The number of methoxy groups -OCH3 is 1. The quantitative estimate of drug-likeness (QED) is 0.448. The van der Waals surface area contributed by atoms with Crippen LogP contribution in [0.1, 0.15) is 45.8 Å². The Morgan fingerprint density at radius 2 is 1.76 bits per heavy atom. The molecule has 1 N–H and O–H groups in total. The molecule has 0 bridgehead atoms. The van der Waals surface area contributed by atoms with Crippen LogP contribution in [-0.4, -0.2) is 33.1 Å². The van der Waals surface area contributed by atoms with Crippen molar-refractivity contribution in [1.29, 1.82) is 0 Å². The van der Waals surface area contributed by atoms with Crippen molar-refractivity contribution >= 4 is 5.91 Å². The third-order valence-electron chi connectivity index (χ3n) is 6.34. The summed E-state index contributed by atoms with van der Waals surface area (Å²) in [7, 11) is 1.66. The van der Waals surface area contributed by atoms with Gasteiger partial charge in [0.1, 0.15) is 5.75 Å². The minimum Gasteiger partial charge on any atom is -0.497 e. The Balaban J connectivity index is 1.63. The molecule has 0 saturated carbocycles. The van der Waals surface area contributed by atoms with Crippen LogP contribution in [0.3, 0.4) is 0 Å². The molecule has 1 aliphatic heterocycles. The number of aromatic amines is 1. The van der Waals surface area contributed by atoms with Gasteiger partial charge in [0.25, 0.3) is 5.91 Å². The summed E-state index contributed by atoms with van der Waals surface area (Å²) in [6.07, 6.45) is 3.63. The molecule has 1 aliphatic rings. The number of carbonyl (C=O) groups excluding carboxylic acids is 1. The third-order valence-corrected chi connectivity index (χ3v) is 6.34. The number of ether oxygens (including phenoxy) is 1. The number of nitrogens with zero attached hydrogens (tertiary/aromatic N) is 3. The number of rotatable bonds is 5. The molecular formula is C27H26N4O2. The van der Waals surface area contributed by atoms with Crippen molar-refractivity contribution in [3.05, 3.63) is 89.0 Å². The van der Waals surface area contributed by atoms with Crippen LogP contribution >= 0.6 is 0 Å². The highest BCUT2D eigenvalue weighted by Crippen LogP contribution is 2.40. The maximum Gasteiger partial charge on any atom is 0.255 e. The van der Waals surface area contributed by atoms with Crippen LogP contribution in [0.4, 0.5) is 0 Å². The van der Waals surface area contributed by atoms with E-state index in [0.29, 0.717) is 6.54 Å². The monoisotopic (exact) mass is 438 g/mol. The van der Waals surface area contributed by atoms with Crippen LogP contribution in [-0.2, 0) is 6.54 Å². The first kappa shape index (κ1) is 20.9. The number of aryl methyl sites for hydroxylation is 2. The molecule has 2 aromatic carbocycles. The van der Waals surface area contributed by atoms with E-state index in [1.165, 1.54) is 0 Å². The summed E-state index contributed by atoms with van der Waals surface area (Å²) >= 11 is 0. The van der Waals surface area contributed by atoms with Gasteiger partial charge in [-0.15, -0.1) is 0 Å². The van der Waals surface area contributed by atoms with Crippen molar-refractivity contribution in [3.63, 3.8) is 0 Å². The molecular weight excluding hydrogens is 412 g/mol. The first-order chi connectivity index (χ1) is 15.9. The molecule has 2 aromatic heterocycles. The van der Waals surface area contributed by atoms with Crippen LogP contribution in [0.25, 0.3) is 22.3 Å². The second-order valence-electron chi connectivity index (χ2n) is 8.56. The van der Waals surface area contributed by atoms with Gasteiger partial charge < -0.3 is 9.64 Å². The van der Waals surface area contributed by atoms with E-state index in [1.54, 1.807) is 13.3 Å². The van der Waals surface area contributed by atoms with E-state index in [2.05, 4.69) is 40.3 Å². The van der Waals surface area contributed by atoms with E-state index in [9.17, 15) is 4.79 Å². The largest absolute Gasteiger partial charge is 0.497 e. The fraction of sp³-hybridized carbons (Fsp3) is 0.222. The minimum atomic E-state index is -0.0915. The van der Waals surface area contributed by atoms with Gasteiger partial charge in [-0.3, -0.25) is 14.9 Å². The average molecular weight is 439 g/mol. The minimum absolute atomic E-state index is 0.0365. The standard InChI is InChI=1S/C27H26N4O2/c1-16-8-21(9-17(2)30-16)24-11-20(22-13-28-29-14-22)12-25-26(24)15-31(27(25)32)18(3)19-6-5-7-23(10-19)33-4/h5-14,18H,15H2,1-4H3,(H,28,29)/t18-/m1/s1. The molecule has 33 heavy (non-hydrogen) atoms. The number of fused-ring (bicyclic) bond motifs is 1. The van der Waals surface area contributed by atoms with E-state index in [0.717, 1.165) is 56.1 Å². The molecule has 0 saturated heterocycles. The van der Waals surface area contributed by atoms with E-state index in [4.69, 9.17) is 4.74 Å². The Bertz CT molecular complexity index is 1320. The Morgan fingerprint density at radius 3 is 2.45 bits per heavy atom. The zero-order valence-electron chi connectivity index (χ0n) is 19.2. The molecule has 1 atom stereocenters. The fourth-order valence-electron chi connectivity index (χ4n) is 4.65. The number of amides is 1. The van der Waals surface area contributed by atoms with Gasteiger partial charge in [-0.25, -0.2) is 0 Å². The van der Waals surface area contributed by atoms with Crippen molar-refractivity contribution in [1.82, 2.24) is 20.1 Å². The van der Waals surface area contributed by atoms with Crippen molar-refractivity contribution in [2.45, 2.75) is 33.4 Å². The van der Waals surface area contributed by atoms with Crippen LogP contribution in [0.15, 0.2) is 60.9 Å². The lowest BCUT2D eigenvalue weighted by Gasteiger charge is -2.25. The van der Waals surface area contributed by atoms with Gasteiger partial charge in [0.15, 0.2) is 0 Å². The summed E-state index contributed by atoms with van der Waals surface area (Å²) in [5.41, 5.74) is 8.80. The number of nitrogens with one attached hydrogen (secondary N) is 1. The number of pyridine rings is 1. The molecule has 0 aliphatic carbocycles. The molecule has 166 valence electrons. The zero-order chi connectivity index (χ0) is 23.1. The molecule has 1 amide bonds. The molecule has 0 unspecified atom stereocenters. The molecule has 3 heterocycles. The van der Waals surface area contributed by atoms with Gasteiger partial charge in [-0.05, 0) is 85.0 Å². The van der Waals surface area contributed by atoms with Gasteiger partial charge >= 0.3 is 0 Å². The molecule has 5 rings (SSSR count). The fourth-order valence-corrected chi connectivity index (χ4v) is 4.65. The number of H-pyrrole nitrogens is 1. The van der Waals surface area contributed by atoms with Crippen molar-refractivity contribution in [2.24, 2.45) is 0 Å². The predicted octanol–water partition coefficient (Wildman–Crippen LogP) is 5.48. The lowest BCUT2D eigenvalue weighted by atomic mass is 9.92. The molecule has 6 nitrogen and oxygen atoms in total. The second-order valence-corrected chi connectivity index (χ2v) is 8.56. The first-order valence-electron chi connectivity index (χ1n) is 11.0. The Kier molecular flexibility index (Phi) is 5.21. The van der Waals surface area contributed by atoms with E-state index in [-0.39, 0.29) is 11.9 Å². The van der Waals surface area contributed by atoms with Crippen LogP contribution in [0.2, 0.25) is 0 Å². The smallest absolute Gasteiger partial charge is 0.255 e. The highest BCUT2D eigenvalue weighted by molar-refractivity contribution is 6.02. The number of hydrogen-bond acceptors (Lipinski definition) is 4. The summed E-state index contributed by atoms with van der Waals surface area (Å²) in [6.45, 7) is 6.61. The summed E-state index contributed by atoms with van der Waals surface area (Å²) in [5, 5.41) is 6.98. The Labute approximate surface area is 193 Å². The zero-order valence-corrected chi connectivity index (χ0v) is 19.2. The normalized spacial score (nSPS) is 13.8. The van der Waals surface area contributed by atoms with Crippen LogP contribution < -0.4 is 4.74 Å². The maximum absolute atomic E-state index is 13.7. The van der Waals surface area contributed by atoms with Gasteiger partial charge in [-0.1, -0.05) is 12.1 Å². The topological polar surface area (TPSA) is 71.1 Å². The van der Waals surface area contributed by atoms with Crippen molar-refractivity contribution in [2.75, 3.05) is 7.11 Å². The van der Waals surface area contributed by atoms with Crippen LogP contribution in [0, 0.1) is 13.8 Å². The maximum atomic E-state index is 13.7. The highest BCUT2D eigenvalue weighted by atomic mass is 16.5. The van der Waals surface area contributed by atoms with E-state index < -0.39 is 0 Å². The molecule has 0 radical (unpaired) electrons. The van der Waals surface area contributed by atoms with Gasteiger partial charge in [0, 0.05) is 35.3 Å². The SMILES string of the molecule is COc1cccc([C@@H](C)N2Cc3c(cc(-c4cn[nH]c4)cc3-c3cc(C)nc(C)c3)C2=O)c1. The van der Waals surface area contributed by atoms with Crippen LogP contribution in [0.5, 0.6) is 5.75 Å². The van der Waals surface area contributed by atoms with Gasteiger partial charge in [0.05, 0.1) is 19.3 Å². The first-order valence-corrected chi connectivity index (χ1v) is 11.0. The predicted molar refractivity (Wildman–Crippen MR) is 128 cm³/mol. The Hall–Kier alpha value is -3.93. The Morgan fingerprint density at radius 1 is 1.00 bits per heavy atom. The molecule has 0 spiro atoms. The molecule has 0 fully saturated rings. The van der Waals surface area contributed by atoms with E-state index in [1.807, 2.05) is 55.3 Å². The third kappa shape index (κ3) is 3.78. The number of benzene rings is 2. The summed E-state index contributed by atoms with van der Waals surface area (Å²) < 4.78 is 5.39. The van der Waals surface area contributed by atoms with E-state index >= 15 is 0 Å². The summed E-state index contributed by atoms with van der Waals surface area (Å²) in [5.74, 6) is 0.823. The summed E-state index contributed by atoms with van der Waals surface area (Å²) in [4.78, 5) is 20.1. The number of aromatic nitrogens is 3. The van der Waals surface area contributed by atoms with Crippen molar-refractivity contribution < 1.29 is 9.53 Å². The molecule has 6 heteroatoms. The highest BCUT2D eigenvalue weighted by Gasteiger charge is 2.34.